The summed E-state index contributed by atoms with van der Waals surface area (Å²) < 4.78 is 46.9. The third kappa shape index (κ3) is 7.14. The van der Waals surface area contributed by atoms with Crippen LogP contribution in [0, 0.1) is 0 Å². The Kier molecular flexibility index (Phi) is 10.9. The van der Waals surface area contributed by atoms with Crippen LogP contribution in [0.25, 0.3) is 12.2 Å². The van der Waals surface area contributed by atoms with Gasteiger partial charge < -0.3 is 23.4 Å². The van der Waals surface area contributed by atoms with Gasteiger partial charge in [-0.25, -0.2) is 0 Å². The van der Waals surface area contributed by atoms with Gasteiger partial charge in [-0.15, -0.1) is 0 Å². The minimum atomic E-state index is -3.70. The molecule has 2 unspecified atom stereocenters. The Hall–Kier alpha value is -1.82. The van der Waals surface area contributed by atoms with Crippen LogP contribution in [0.2, 0.25) is 0 Å². The summed E-state index contributed by atoms with van der Waals surface area (Å²) >= 11 is 0. The van der Waals surface area contributed by atoms with Gasteiger partial charge in [0.05, 0.1) is 0 Å². The van der Waals surface area contributed by atoms with Gasteiger partial charge in [0.15, 0.2) is 5.40 Å². The Balaban J connectivity index is 1.68. The molecular formula is C27H37NO6P2. The topological polar surface area (TPSA) is 83.1 Å². The van der Waals surface area contributed by atoms with Gasteiger partial charge in [0, 0.05) is 40.4 Å². The molecule has 1 aliphatic carbocycles. The molecule has 0 aromatic heterocycles. The van der Waals surface area contributed by atoms with E-state index in [0.29, 0.717) is 6.54 Å². The third-order valence-corrected chi connectivity index (χ3v) is 12.3. The summed E-state index contributed by atoms with van der Waals surface area (Å²) in [5.74, 6) is 0.286. The van der Waals surface area contributed by atoms with E-state index >= 15 is 0 Å². The molecule has 2 aromatic carbocycles. The van der Waals surface area contributed by atoms with Crippen molar-refractivity contribution < 1.29 is 27.2 Å². The highest BCUT2D eigenvalue weighted by Gasteiger charge is 2.48. The van der Waals surface area contributed by atoms with Crippen LogP contribution in [0.1, 0.15) is 41.9 Å². The molecule has 3 rings (SSSR count). The molecule has 0 heterocycles. The van der Waals surface area contributed by atoms with Crippen molar-refractivity contribution in [2.75, 3.05) is 35.0 Å². The largest absolute Gasteiger partial charge is 0.345 e. The second-order valence-corrected chi connectivity index (χ2v) is 13.9. The van der Waals surface area contributed by atoms with Crippen LogP contribution in [-0.2, 0) is 27.2 Å². The van der Waals surface area contributed by atoms with Crippen molar-refractivity contribution in [3.8, 4) is 0 Å². The monoisotopic (exact) mass is 533 g/mol. The number of benzene rings is 2. The standard InChI is InChI=1S/C27H37NO6P2/c1-31-35(29,32-2)27(36(30,33-3)34-4)20-21-28-26-13-9-8-12-25(26)24-18-16-23(17-19-24)15-14-22-10-6-5-7-11-22/h5-11,14-19,25-28H,12-13,20-21H2,1-4H3. The van der Waals surface area contributed by atoms with E-state index in [2.05, 4.69) is 66.0 Å². The molecule has 0 saturated carbocycles. The SMILES string of the molecule is COP(=O)(OC)C(CCNC1CC=CCC1c1ccc(C=Cc2ccccc2)cc1)P(=O)(OC)OC. The van der Waals surface area contributed by atoms with Gasteiger partial charge in [-0.2, -0.15) is 0 Å². The lowest BCUT2D eigenvalue weighted by molar-refractivity contribution is 0.244. The summed E-state index contributed by atoms with van der Waals surface area (Å²) in [7, 11) is -2.28. The van der Waals surface area contributed by atoms with E-state index in [9.17, 15) is 9.13 Å². The molecule has 9 heteroatoms. The summed E-state index contributed by atoms with van der Waals surface area (Å²) in [6.45, 7) is 0.449. The maximum atomic E-state index is 13.1. The maximum absolute atomic E-state index is 13.1. The Morgan fingerprint density at radius 1 is 0.806 bits per heavy atom. The van der Waals surface area contributed by atoms with Crippen LogP contribution in [0.5, 0.6) is 0 Å². The molecule has 0 saturated heterocycles. The lowest BCUT2D eigenvalue weighted by Crippen LogP contribution is -2.37. The van der Waals surface area contributed by atoms with E-state index in [1.807, 2.05) is 18.2 Å². The van der Waals surface area contributed by atoms with Crippen molar-refractivity contribution in [1.29, 1.82) is 0 Å². The lowest BCUT2D eigenvalue weighted by Gasteiger charge is -2.32. The first-order valence-corrected chi connectivity index (χ1v) is 15.3. The molecule has 36 heavy (non-hydrogen) atoms. The molecular weight excluding hydrogens is 496 g/mol. The number of hydrogen-bond acceptors (Lipinski definition) is 7. The van der Waals surface area contributed by atoms with Gasteiger partial charge in [0.1, 0.15) is 0 Å². The first kappa shape index (κ1) is 28.7. The van der Waals surface area contributed by atoms with Gasteiger partial charge in [-0.05, 0) is 42.5 Å². The first-order chi connectivity index (χ1) is 17.4. The normalized spacial score (nSPS) is 18.8. The molecule has 7 nitrogen and oxygen atoms in total. The van der Waals surface area contributed by atoms with E-state index in [1.165, 1.54) is 39.6 Å². The van der Waals surface area contributed by atoms with Crippen molar-refractivity contribution in [3.63, 3.8) is 0 Å². The highest BCUT2D eigenvalue weighted by atomic mass is 31.2. The molecule has 0 aliphatic heterocycles. The van der Waals surface area contributed by atoms with Crippen LogP contribution in [0.3, 0.4) is 0 Å². The zero-order valence-corrected chi connectivity index (χ0v) is 23.2. The van der Waals surface area contributed by atoms with Crippen LogP contribution >= 0.6 is 15.2 Å². The first-order valence-electron chi connectivity index (χ1n) is 12.0. The molecule has 1 aliphatic rings. The number of allylic oxidation sites excluding steroid dienone is 1. The van der Waals surface area contributed by atoms with Gasteiger partial charge in [0.25, 0.3) is 0 Å². The van der Waals surface area contributed by atoms with Gasteiger partial charge in [-0.1, -0.05) is 78.9 Å². The summed E-state index contributed by atoms with van der Waals surface area (Å²) in [5, 5.41) is 2.54. The molecule has 196 valence electrons. The average Bonchev–Trinajstić information content (AvgIpc) is 2.94. The van der Waals surface area contributed by atoms with Gasteiger partial charge in [0.2, 0.25) is 0 Å². The average molecular weight is 534 g/mol. The number of rotatable bonds is 13. The van der Waals surface area contributed by atoms with E-state index in [-0.39, 0.29) is 18.4 Å². The summed E-state index contributed by atoms with van der Waals surface area (Å²) in [5.41, 5.74) is 3.56. The lowest BCUT2D eigenvalue weighted by atomic mass is 9.83. The zero-order valence-electron chi connectivity index (χ0n) is 21.4. The fourth-order valence-electron chi connectivity index (χ4n) is 4.54. The molecule has 0 radical (unpaired) electrons. The van der Waals surface area contributed by atoms with Crippen LogP contribution in [0.4, 0.5) is 0 Å². The zero-order chi connectivity index (χ0) is 26.0. The van der Waals surface area contributed by atoms with Crippen LogP contribution in [0.15, 0.2) is 66.7 Å². The van der Waals surface area contributed by atoms with Crippen LogP contribution in [-0.4, -0.2) is 46.4 Å². The predicted octanol–water partition coefficient (Wildman–Crippen LogP) is 6.94. The molecule has 1 N–H and O–H groups in total. The van der Waals surface area contributed by atoms with E-state index in [0.717, 1.165) is 18.4 Å². The van der Waals surface area contributed by atoms with Crippen molar-refractivity contribution >= 4 is 27.3 Å². The fraction of sp³-hybridized carbons (Fsp3) is 0.407. The van der Waals surface area contributed by atoms with Gasteiger partial charge in [-0.3, -0.25) is 9.13 Å². The quantitative estimate of drug-likeness (QED) is 0.170. The molecule has 0 bridgehead atoms. The number of hydrogen-bond donors (Lipinski definition) is 1. The molecule has 0 amide bonds. The highest BCUT2D eigenvalue weighted by molar-refractivity contribution is 7.72. The van der Waals surface area contributed by atoms with Crippen molar-refractivity contribution in [3.05, 3.63) is 83.4 Å². The fourth-order valence-corrected chi connectivity index (χ4v) is 9.22. The van der Waals surface area contributed by atoms with Crippen LogP contribution < -0.4 is 5.32 Å². The maximum Gasteiger partial charge on any atom is 0.345 e. The highest BCUT2D eigenvalue weighted by Crippen LogP contribution is 2.70. The second kappa shape index (κ2) is 13.6. The smallest absolute Gasteiger partial charge is 0.313 e. The summed E-state index contributed by atoms with van der Waals surface area (Å²) in [4.78, 5) is 0. The predicted molar refractivity (Wildman–Crippen MR) is 146 cm³/mol. The summed E-state index contributed by atoms with van der Waals surface area (Å²) in [6.07, 6.45) is 10.6. The van der Waals surface area contributed by atoms with Crippen molar-refractivity contribution in [1.82, 2.24) is 5.32 Å². The Bertz CT molecular complexity index is 1060. The van der Waals surface area contributed by atoms with Crippen molar-refractivity contribution in [2.24, 2.45) is 0 Å². The van der Waals surface area contributed by atoms with E-state index in [1.54, 1.807) is 0 Å². The van der Waals surface area contributed by atoms with E-state index < -0.39 is 20.6 Å². The molecule has 2 atom stereocenters. The second-order valence-electron chi connectivity index (χ2n) is 8.60. The molecule has 2 aromatic rings. The molecule has 0 spiro atoms. The minimum Gasteiger partial charge on any atom is -0.313 e. The Labute approximate surface area is 215 Å². The number of nitrogens with one attached hydrogen (secondary N) is 1. The third-order valence-electron chi connectivity index (χ3n) is 6.62. The van der Waals surface area contributed by atoms with E-state index in [4.69, 9.17) is 18.1 Å². The Morgan fingerprint density at radius 2 is 1.33 bits per heavy atom. The molecule has 0 fully saturated rings. The Morgan fingerprint density at radius 3 is 1.89 bits per heavy atom. The van der Waals surface area contributed by atoms with Crippen molar-refractivity contribution in [2.45, 2.75) is 36.6 Å². The minimum absolute atomic E-state index is 0.176. The van der Waals surface area contributed by atoms with Gasteiger partial charge >= 0.3 is 15.2 Å². The summed E-state index contributed by atoms with van der Waals surface area (Å²) in [6, 6.07) is 19.0.